The van der Waals surface area contributed by atoms with E-state index in [1.807, 2.05) is 11.8 Å². The Labute approximate surface area is 127 Å². The zero-order chi connectivity index (χ0) is 16.5. The molecular formula is C15H21F3N2O2. The van der Waals surface area contributed by atoms with Crippen molar-refractivity contribution in [1.29, 1.82) is 0 Å². The summed E-state index contributed by atoms with van der Waals surface area (Å²) in [7, 11) is 0. The summed E-state index contributed by atoms with van der Waals surface area (Å²) >= 11 is 0. The van der Waals surface area contributed by atoms with Crippen LogP contribution in [0, 0.1) is 13.8 Å². The Balaban J connectivity index is 2.15. The van der Waals surface area contributed by atoms with Crippen molar-refractivity contribution in [2.45, 2.75) is 39.5 Å². The Morgan fingerprint density at radius 3 is 2.68 bits per heavy atom. The summed E-state index contributed by atoms with van der Waals surface area (Å²) in [4.78, 5) is 14.4. The SMILES string of the molecule is Cc1cc(C(=O)CN2CCOCC2C)c(C)n1CC(F)(F)F. The standard InChI is InChI=1S/C15H21F3N2O2/c1-10-6-13(12(3)20(10)9-15(16,17)18)14(21)7-19-4-5-22-8-11(19)2/h6,11H,4-5,7-9H2,1-3H3. The maximum Gasteiger partial charge on any atom is 0.406 e. The molecule has 1 aromatic rings. The number of hydrogen-bond donors (Lipinski definition) is 0. The van der Waals surface area contributed by atoms with Gasteiger partial charge in [0.2, 0.25) is 0 Å². The van der Waals surface area contributed by atoms with Gasteiger partial charge in [-0.1, -0.05) is 0 Å². The number of Topliss-reactive ketones (excluding diaryl/α,β-unsaturated/α-hetero) is 1. The predicted molar refractivity (Wildman–Crippen MR) is 76.1 cm³/mol. The van der Waals surface area contributed by atoms with Gasteiger partial charge >= 0.3 is 6.18 Å². The Morgan fingerprint density at radius 1 is 1.41 bits per heavy atom. The molecule has 0 aliphatic carbocycles. The van der Waals surface area contributed by atoms with Crippen LogP contribution < -0.4 is 0 Å². The van der Waals surface area contributed by atoms with E-state index in [1.165, 1.54) is 0 Å². The lowest BCUT2D eigenvalue weighted by atomic mass is 10.1. The largest absolute Gasteiger partial charge is 0.406 e. The minimum atomic E-state index is -4.30. The van der Waals surface area contributed by atoms with Crippen molar-refractivity contribution in [2.24, 2.45) is 0 Å². The second-order valence-corrected chi connectivity index (χ2v) is 5.80. The molecule has 1 saturated heterocycles. The van der Waals surface area contributed by atoms with Crippen LogP contribution >= 0.6 is 0 Å². The van der Waals surface area contributed by atoms with Crippen LogP contribution in [0.25, 0.3) is 0 Å². The number of ketones is 1. The first-order valence-electron chi connectivity index (χ1n) is 7.27. The summed E-state index contributed by atoms with van der Waals surface area (Å²) in [6.07, 6.45) is -4.30. The number of halogens is 3. The first-order chi connectivity index (χ1) is 10.2. The quantitative estimate of drug-likeness (QED) is 0.800. The summed E-state index contributed by atoms with van der Waals surface area (Å²) in [5.74, 6) is -0.143. The number of carbonyl (C=O) groups excluding carboxylic acids is 1. The molecule has 4 nitrogen and oxygen atoms in total. The second-order valence-electron chi connectivity index (χ2n) is 5.80. The van der Waals surface area contributed by atoms with Crippen LogP contribution in [-0.4, -0.2) is 53.8 Å². The molecule has 1 unspecified atom stereocenters. The van der Waals surface area contributed by atoms with Crippen LogP contribution in [0.5, 0.6) is 0 Å². The van der Waals surface area contributed by atoms with E-state index in [0.717, 1.165) is 4.57 Å². The van der Waals surface area contributed by atoms with Crippen molar-refractivity contribution in [2.75, 3.05) is 26.3 Å². The number of morpholine rings is 1. The third-order valence-electron chi connectivity index (χ3n) is 4.06. The topological polar surface area (TPSA) is 34.5 Å². The number of carbonyl (C=O) groups is 1. The minimum Gasteiger partial charge on any atom is -0.379 e. The molecule has 1 aliphatic heterocycles. The molecule has 2 rings (SSSR count). The first-order valence-corrected chi connectivity index (χ1v) is 7.27. The van der Waals surface area contributed by atoms with Crippen LogP contribution in [-0.2, 0) is 11.3 Å². The molecule has 0 spiro atoms. The van der Waals surface area contributed by atoms with Gasteiger partial charge in [0.1, 0.15) is 6.54 Å². The highest BCUT2D eigenvalue weighted by atomic mass is 19.4. The zero-order valence-corrected chi connectivity index (χ0v) is 13.0. The van der Waals surface area contributed by atoms with Gasteiger partial charge in [0.15, 0.2) is 5.78 Å². The number of nitrogens with zero attached hydrogens (tertiary/aromatic N) is 2. The van der Waals surface area contributed by atoms with E-state index in [2.05, 4.69) is 0 Å². The third-order valence-corrected chi connectivity index (χ3v) is 4.06. The van der Waals surface area contributed by atoms with E-state index in [9.17, 15) is 18.0 Å². The summed E-state index contributed by atoms with van der Waals surface area (Å²) in [6.45, 7) is 6.08. The average Bonchev–Trinajstić information content (AvgIpc) is 2.68. The molecule has 124 valence electrons. The molecule has 1 atom stereocenters. The lowest BCUT2D eigenvalue weighted by molar-refractivity contribution is -0.141. The summed E-state index contributed by atoms with van der Waals surface area (Å²) in [5.41, 5.74) is 1.20. The molecule has 0 bridgehead atoms. The smallest absolute Gasteiger partial charge is 0.379 e. The molecule has 1 aromatic heterocycles. The van der Waals surface area contributed by atoms with Crippen molar-refractivity contribution >= 4 is 5.78 Å². The van der Waals surface area contributed by atoms with Gasteiger partial charge in [0.05, 0.1) is 19.8 Å². The van der Waals surface area contributed by atoms with Gasteiger partial charge in [0, 0.05) is 29.5 Å². The Kier molecular flexibility index (Phi) is 4.97. The Morgan fingerprint density at radius 2 is 2.09 bits per heavy atom. The fraction of sp³-hybridized carbons (Fsp3) is 0.667. The van der Waals surface area contributed by atoms with Gasteiger partial charge in [0.25, 0.3) is 0 Å². The molecule has 7 heteroatoms. The molecule has 0 saturated carbocycles. The molecule has 0 amide bonds. The Hall–Kier alpha value is -1.34. The van der Waals surface area contributed by atoms with Crippen molar-refractivity contribution in [3.63, 3.8) is 0 Å². The molecule has 1 fully saturated rings. The second kappa shape index (κ2) is 6.42. The molecule has 0 aromatic carbocycles. The van der Waals surface area contributed by atoms with Gasteiger partial charge in [-0.25, -0.2) is 0 Å². The van der Waals surface area contributed by atoms with Crippen molar-refractivity contribution in [3.05, 3.63) is 23.0 Å². The van der Waals surface area contributed by atoms with Gasteiger partial charge in [-0.2, -0.15) is 13.2 Å². The molecule has 22 heavy (non-hydrogen) atoms. The summed E-state index contributed by atoms with van der Waals surface area (Å²) in [5, 5.41) is 0. The van der Waals surface area contributed by atoms with E-state index in [1.54, 1.807) is 19.9 Å². The van der Waals surface area contributed by atoms with Gasteiger partial charge < -0.3 is 9.30 Å². The third kappa shape index (κ3) is 3.89. The lowest BCUT2D eigenvalue weighted by Crippen LogP contribution is -2.46. The van der Waals surface area contributed by atoms with E-state index in [4.69, 9.17) is 4.74 Å². The van der Waals surface area contributed by atoms with Crippen LogP contribution in [0.1, 0.15) is 28.7 Å². The van der Waals surface area contributed by atoms with Crippen LogP contribution in [0.15, 0.2) is 6.07 Å². The number of rotatable bonds is 4. The van der Waals surface area contributed by atoms with Crippen LogP contribution in [0.3, 0.4) is 0 Å². The number of ether oxygens (including phenoxy) is 1. The summed E-state index contributed by atoms with van der Waals surface area (Å²) in [6, 6.07) is 1.69. The summed E-state index contributed by atoms with van der Waals surface area (Å²) < 4.78 is 44.3. The number of aryl methyl sites for hydroxylation is 1. The first kappa shape index (κ1) is 17.0. The monoisotopic (exact) mass is 318 g/mol. The van der Waals surface area contributed by atoms with Gasteiger partial charge in [-0.15, -0.1) is 0 Å². The normalized spacial score (nSPS) is 20.4. The molecule has 1 aliphatic rings. The molecule has 2 heterocycles. The highest BCUT2D eigenvalue weighted by Gasteiger charge is 2.31. The van der Waals surface area contributed by atoms with Crippen molar-refractivity contribution < 1.29 is 22.7 Å². The molecule has 0 N–H and O–H groups in total. The minimum absolute atomic E-state index is 0.136. The molecular weight excluding hydrogens is 297 g/mol. The average molecular weight is 318 g/mol. The fourth-order valence-electron chi connectivity index (χ4n) is 2.77. The van der Waals surface area contributed by atoms with Gasteiger partial charge in [-0.05, 0) is 26.8 Å². The van der Waals surface area contributed by atoms with E-state index >= 15 is 0 Å². The van der Waals surface area contributed by atoms with Gasteiger partial charge in [-0.3, -0.25) is 9.69 Å². The predicted octanol–water partition coefficient (Wildman–Crippen LogP) is 2.57. The van der Waals surface area contributed by atoms with E-state index in [0.29, 0.717) is 36.7 Å². The maximum atomic E-state index is 12.6. The fourth-order valence-corrected chi connectivity index (χ4v) is 2.77. The highest BCUT2D eigenvalue weighted by Crippen LogP contribution is 2.23. The number of alkyl halides is 3. The van der Waals surface area contributed by atoms with Crippen LogP contribution in [0.4, 0.5) is 13.2 Å². The maximum absolute atomic E-state index is 12.6. The van der Waals surface area contributed by atoms with E-state index < -0.39 is 12.7 Å². The number of aromatic nitrogens is 1. The lowest BCUT2D eigenvalue weighted by Gasteiger charge is -2.32. The highest BCUT2D eigenvalue weighted by molar-refractivity contribution is 5.99. The number of hydrogen-bond acceptors (Lipinski definition) is 3. The zero-order valence-electron chi connectivity index (χ0n) is 13.0. The van der Waals surface area contributed by atoms with Crippen molar-refractivity contribution in [1.82, 2.24) is 9.47 Å². The van der Waals surface area contributed by atoms with Crippen LogP contribution in [0.2, 0.25) is 0 Å². The molecule has 0 radical (unpaired) electrons. The Bertz CT molecular complexity index is 552. The van der Waals surface area contributed by atoms with Crippen molar-refractivity contribution in [3.8, 4) is 0 Å². The van der Waals surface area contributed by atoms with E-state index in [-0.39, 0.29) is 18.4 Å².